The van der Waals surface area contributed by atoms with Crippen LogP contribution in [0.25, 0.3) is 34.7 Å². The predicted octanol–water partition coefficient (Wildman–Crippen LogP) is 6.67. The van der Waals surface area contributed by atoms with Crippen molar-refractivity contribution in [1.82, 2.24) is 20.6 Å². The summed E-state index contributed by atoms with van der Waals surface area (Å²) in [6.07, 6.45) is 7.07. The van der Waals surface area contributed by atoms with E-state index in [1.807, 2.05) is 48.6 Å². The highest BCUT2D eigenvalue weighted by Crippen LogP contribution is 2.24. The van der Waals surface area contributed by atoms with Gasteiger partial charge in [-0.15, -0.1) is 5.10 Å². The van der Waals surface area contributed by atoms with Crippen molar-refractivity contribution < 1.29 is 9.15 Å². The monoisotopic (exact) mass is 506 g/mol. The molecule has 0 saturated carbocycles. The van der Waals surface area contributed by atoms with Gasteiger partial charge in [0.05, 0.1) is 12.0 Å². The maximum Gasteiger partial charge on any atom is 0.215 e. The van der Waals surface area contributed by atoms with Crippen LogP contribution in [0.4, 0.5) is 0 Å². The molecule has 5 rings (SSSR count). The van der Waals surface area contributed by atoms with Gasteiger partial charge in [0.1, 0.15) is 11.3 Å². The van der Waals surface area contributed by atoms with Gasteiger partial charge in [-0.2, -0.15) is 0 Å². The Bertz CT molecular complexity index is 1570. The molecule has 0 spiro atoms. The summed E-state index contributed by atoms with van der Waals surface area (Å²) in [5.41, 5.74) is 4.89. The van der Waals surface area contributed by atoms with Gasteiger partial charge in [-0.1, -0.05) is 74.5 Å². The third-order valence-electron chi connectivity index (χ3n) is 6.47. The Morgan fingerprint density at radius 3 is 2.53 bits per heavy atom. The quantitative estimate of drug-likeness (QED) is 0.168. The van der Waals surface area contributed by atoms with Crippen LogP contribution in [-0.4, -0.2) is 27.2 Å². The number of aryl methyl sites for hydroxylation is 1. The van der Waals surface area contributed by atoms with Crippen LogP contribution in [0.2, 0.25) is 0 Å². The molecule has 0 aliphatic rings. The SMILES string of the molecule is CC(C)c1ccc(CCCCOc2ccc(/C=C/c3cccc4c(=O)cc(-c5nnn[nH]5)oc34)cc2)cc1. The summed E-state index contributed by atoms with van der Waals surface area (Å²) in [5, 5.41) is 14.1. The molecule has 2 heterocycles. The highest BCUT2D eigenvalue weighted by Gasteiger charge is 2.11. The van der Waals surface area contributed by atoms with Crippen molar-refractivity contribution in [3.63, 3.8) is 0 Å². The molecule has 0 atom stereocenters. The number of aromatic nitrogens is 4. The van der Waals surface area contributed by atoms with E-state index in [4.69, 9.17) is 9.15 Å². The molecule has 3 aromatic carbocycles. The molecule has 0 aliphatic heterocycles. The van der Waals surface area contributed by atoms with Crippen LogP contribution in [0.5, 0.6) is 5.75 Å². The third-order valence-corrected chi connectivity index (χ3v) is 6.47. The van der Waals surface area contributed by atoms with E-state index in [1.165, 1.54) is 17.2 Å². The summed E-state index contributed by atoms with van der Waals surface area (Å²) in [7, 11) is 0. The lowest BCUT2D eigenvalue weighted by molar-refractivity contribution is 0.307. The zero-order valence-corrected chi connectivity index (χ0v) is 21.6. The van der Waals surface area contributed by atoms with Crippen molar-refractivity contribution in [3.05, 3.63) is 105 Å². The molecule has 0 radical (unpaired) electrons. The molecule has 0 bridgehead atoms. The van der Waals surface area contributed by atoms with E-state index in [2.05, 4.69) is 58.7 Å². The first-order chi connectivity index (χ1) is 18.6. The second-order valence-corrected chi connectivity index (χ2v) is 9.55. The van der Waals surface area contributed by atoms with Gasteiger partial charge in [0.2, 0.25) is 5.82 Å². The molecular formula is C31H30N4O3. The van der Waals surface area contributed by atoms with Gasteiger partial charge in [-0.3, -0.25) is 4.79 Å². The average molecular weight is 507 g/mol. The maximum atomic E-state index is 12.6. The number of rotatable bonds is 10. The Morgan fingerprint density at radius 2 is 1.79 bits per heavy atom. The Kier molecular flexibility index (Phi) is 7.73. The van der Waals surface area contributed by atoms with E-state index in [-0.39, 0.29) is 5.43 Å². The summed E-state index contributed by atoms with van der Waals surface area (Å²) in [4.78, 5) is 12.6. The summed E-state index contributed by atoms with van der Waals surface area (Å²) in [6.45, 7) is 5.13. The van der Waals surface area contributed by atoms with Gasteiger partial charge < -0.3 is 9.15 Å². The Balaban J connectivity index is 1.17. The standard InChI is InChI=1S/C31H30N4O3/c1-21(2)24-14-9-22(10-15-24)6-3-4-19-37-26-17-12-23(13-18-26)11-16-25-7-5-8-27-28(36)20-29(38-30(25)27)31-32-34-35-33-31/h5,7-18,20-21H,3-4,6,19H2,1-2H3,(H,32,33,34,35)/b16-11+. The average Bonchev–Trinajstić information content (AvgIpc) is 3.48. The number of H-pyrrole nitrogens is 1. The molecule has 2 aromatic heterocycles. The predicted molar refractivity (Wildman–Crippen MR) is 150 cm³/mol. The molecule has 0 unspecified atom stereocenters. The fourth-order valence-electron chi connectivity index (χ4n) is 4.26. The lowest BCUT2D eigenvalue weighted by Crippen LogP contribution is -2.01. The van der Waals surface area contributed by atoms with Gasteiger partial charge >= 0.3 is 0 Å². The van der Waals surface area contributed by atoms with Crippen molar-refractivity contribution in [2.24, 2.45) is 0 Å². The number of nitrogens with one attached hydrogen (secondary N) is 1. The molecule has 192 valence electrons. The van der Waals surface area contributed by atoms with Gasteiger partial charge in [0.15, 0.2) is 11.2 Å². The van der Waals surface area contributed by atoms with Gasteiger partial charge in [0.25, 0.3) is 0 Å². The summed E-state index contributed by atoms with van der Waals surface area (Å²) < 4.78 is 11.9. The number of tetrazole rings is 1. The number of fused-ring (bicyclic) bond motifs is 1. The fraction of sp³-hybridized carbons (Fsp3) is 0.226. The molecule has 0 saturated heterocycles. The van der Waals surface area contributed by atoms with Crippen LogP contribution in [0.3, 0.4) is 0 Å². The number of hydrogen-bond acceptors (Lipinski definition) is 6. The van der Waals surface area contributed by atoms with E-state index < -0.39 is 0 Å². The molecule has 7 heteroatoms. The second kappa shape index (κ2) is 11.7. The van der Waals surface area contributed by atoms with E-state index in [9.17, 15) is 4.79 Å². The number of nitrogens with zero attached hydrogens (tertiary/aromatic N) is 3. The summed E-state index contributed by atoms with van der Waals surface area (Å²) >= 11 is 0. The minimum absolute atomic E-state index is 0.154. The highest BCUT2D eigenvalue weighted by molar-refractivity contribution is 5.89. The molecule has 7 nitrogen and oxygen atoms in total. The van der Waals surface area contributed by atoms with Crippen LogP contribution in [0.15, 0.2) is 82.0 Å². The zero-order valence-electron chi connectivity index (χ0n) is 21.6. The second-order valence-electron chi connectivity index (χ2n) is 9.55. The van der Waals surface area contributed by atoms with E-state index in [0.29, 0.717) is 35.1 Å². The molecular weight excluding hydrogens is 476 g/mol. The fourth-order valence-corrected chi connectivity index (χ4v) is 4.26. The summed E-state index contributed by atoms with van der Waals surface area (Å²) in [5.74, 6) is 2.01. The number of para-hydroxylation sites is 1. The minimum Gasteiger partial charge on any atom is -0.494 e. The maximum absolute atomic E-state index is 12.6. The summed E-state index contributed by atoms with van der Waals surface area (Å²) in [6, 6.07) is 23.8. The van der Waals surface area contributed by atoms with Crippen molar-refractivity contribution in [2.45, 2.75) is 39.0 Å². The van der Waals surface area contributed by atoms with Crippen LogP contribution in [-0.2, 0) is 6.42 Å². The first-order valence-corrected chi connectivity index (χ1v) is 12.9. The van der Waals surface area contributed by atoms with Crippen molar-refractivity contribution >= 4 is 23.1 Å². The number of ether oxygens (including phenoxy) is 1. The van der Waals surface area contributed by atoms with Crippen LogP contribution in [0, 0.1) is 0 Å². The van der Waals surface area contributed by atoms with Crippen LogP contribution < -0.4 is 10.2 Å². The van der Waals surface area contributed by atoms with Crippen molar-refractivity contribution in [3.8, 4) is 17.3 Å². The Hall–Kier alpha value is -4.52. The lowest BCUT2D eigenvalue weighted by Gasteiger charge is -2.08. The number of hydrogen-bond donors (Lipinski definition) is 1. The van der Waals surface area contributed by atoms with Crippen LogP contribution in [0.1, 0.15) is 54.9 Å². The smallest absolute Gasteiger partial charge is 0.215 e. The molecule has 1 N–H and O–H groups in total. The molecule has 0 fully saturated rings. The topological polar surface area (TPSA) is 93.9 Å². The third kappa shape index (κ3) is 6.06. The Labute approximate surface area is 221 Å². The first kappa shape index (κ1) is 25.1. The van der Waals surface area contributed by atoms with E-state index in [0.717, 1.165) is 36.1 Å². The van der Waals surface area contributed by atoms with Gasteiger partial charge in [-0.25, -0.2) is 5.10 Å². The lowest BCUT2D eigenvalue weighted by atomic mass is 10.00. The number of unbranched alkanes of at least 4 members (excludes halogenated alkanes) is 1. The normalized spacial score (nSPS) is 11.6. The number of benzene rings is 3. The highest BCUT2D eigenvalue weighted by atomic mass is 16.5. The first-order valence-electron chi connectivity index (χ1n) is 12.9. The zero-order chi connectivity index (χ0) is 26.3. The Morgan fingerprint density at radius 1 is 0.974 bits per heavy atom. The van der Waals surface area contributed by atoms with Gasteiger partial charge in [-0.05, 0) is 70.5 Å². The van der Waals surface area contributed by atoms with Crippen LogP contribution >= 0.6 is 0 Å². The molecule has 0 aliphatic carbocycles. The van der Waals surface area contributed by atoms with Gasteiger partial charge in [0, 0.05) is 11.6 Å². The molecule has 0 amide bonds. The minimum atomic E-state index is -0.154. The largest absolute Gasteiger partial charge is 0.494 e. The van der Waals surface area contributed by atoms with E-state index in [1.54, 1.807) is 6.07 Å². The van der Waals surface area contributed by atoms with Crippen molar-refractivity contribution in [2.75, 3.05) is 6.61 Å². The molecule has 38 heavy (non-hydrogen) atoms. The number of aromatic amines is 1. The van der Waals surface area contributed by atoms with E-state index >= 15 is 0 Å². The van der Waals surface area contributed by atoms with Crippen molar-refractivity contribution in [1.29, 1.82) is 0 Å². The molecule has 5 aromatic rings.